The second-order valence-corrected chi connectivity index (χ2v) is 6.58. The first-order valence-corrected chi connectivity index (χ1v) is 9.19. The monoisotopic (exact) mass is 334 g/mol. The molecule has 0 aliphatic carbocycles. The Morgan fingerprint density at radius 2 is 0.808 bits per heavy atom. The maximum atomic E-state index is 2.31. The van der Waals surface area contributed by atoms with Crippen LogP contribution in [0.25, 0.3) is 33.4 Å². The molecule has 0 aliphatic heterocycles. The van der Waals surface area contributed by atoms with E-state index in [4.69, 9.17) is 0 Å². The van der Waals surface area contributed by atoms with Crippen molar-refractivity contribution in [3.8, 4) is 33.4 Å². The van der Waals surface area contributed by atoms with Crippen LogP contribution in [0.4, 0.5) is 0 Å². The first kappa shape index (κ1) is 16.4. The summed E-state index contributed by atoms with van der Waals surface area (Å²) < 4.78 is 0. The Bertz CT molecular complexity index is 981. The smallest absolute Gasteiger partial charge is 0.0175 e. The van der Waals surface area contributed by atoms with Gasteiger partial charge in [-0.2, -0.15) is 0 Å². The van der Waals surface area contributed by atoms with Gasteiger partial charge in [0.1, 0.15) is 0 Å². The summed E-state index contributed by atoms with van der Waals surface area (Å²) >= 11 is 0. The van der Waals surface area contributed by atoms with E-state index in [2.05, 4.69) is 110 Å². The standard InChI is InChI=1S/C26H22/c1-2-20-17-25(22-11-7-4-8-12-22)19-26(18-20)24-15-13-23(14-16-24)21-9-5-3-6-10-21/h3-19H,2H2,1H3. The molecule has 4 aromatic carbocycles. The van der Waals surface area contributed by atoms with Crippen molar-refractivity contribution in [3.05, 3.63) is 109 Å². The molecule has 4 aromatic rings. The lowest BCUT2D eigenvalue weighted by molar-refractivity contribution is 1.14. The summed E-state index contributed by atoms with van der Waals surface area (Å²) in [5.74, 6) is 0. The molecule has 26 heavy (non-hydrogen) atoms. The van der Waals surface area contributed by atoms with E-state index >= 15 is 0 Å². The molecule has 0 amide bonds. The molecule has 0 heteroatoms. The average molecular weight is 334 g/mol. The lowest BCUT2D eigenvalue weighted by Gasteiger charge is -2.10. The van der Waals surface area contributed by atoms with E-state index in [1.165, 1.54) is 38.9 Å². The summed E-state index contributed by atoms with van der Waals surface area (Å²) in [6.45, 7) is 2.21. The maximum Gasteiger partial charge on any atom is -0.0175 e. The van der Waals surface area contributed by atoms with Crippen LogP contribution >= 0.6 is 0 Å². The summed E-state index contributed by atoms with van der Waals surface area (Å²) in [5, 5.41) is 0. The van der Waals surface area contributed by atoms with Gasteiger partial charge in [-0.05, 0) is 51.4 Å². The third kappa shape index (κ3) is 3.45. The summed E-state index contributed by atoms with van der Waals surface area (Å²) in [6, 6.07) is 36.9. The van der Waals surface area contributed by atoms with Crippen molar-refractivity contribution in [1.29, 1.82) is 0 Å². The quantitative estimate of drug-likeness (QED) is 0.369. The van der Waals surface area contributed by atoms with Crippen LogP contribution in [0, 0.1) is 0 Å². The molecule has 0 aromatic heterocycles. The molecule has 4 rings (SSSR count). The molecule has 0 N–H and O–H groups in total. The summed E-state index contributed by atoms with van der Waals surface area (Å²) in [4.78, 5) is 0. The van der Waals surface area contributed by atoms with Gasteiger partial charge in [-0.1, -0.05) is 104 Å². The van der Waals surface area contributed by atoms with E-state index < -0.39 is 0 Å². The lowest BCUT2D eigenvalue weighted by Crippen LogP contribution is -1.87. The van der Waals surface area contributed by atoms with Crippen LogP contribution in [-0.4, -0.2) is 0 Å². The topological polar surface area (TPSA) is 0 Å². The zero-order chi connectivity index (χ0) is 17.8. The Morgan fingerprint density at radius 3 is 1.27 bits per heavy atom. The van der Waals surface area contributed by atoms with Crippen molar-refractivity contribution in [2.75, 3.05) is 0 Å². The van der Waals surface area contributed by atoms with Crippen LogP contribution in [0.2, 0.25) is 0 Å². The highest BCUT2D eigenvalue weighted by atomic mass is 14.1. The zero-order valence-corrected chi connectivity index (χ0v) is 15.0. The van der Waals surface area contributed by atoms with Crippen molar-refractivity contribution >= 4 is 0 Å². The number of hydrogen-bond acceptors (Lipinski definition) is 0. The van der Waals surface area contributed by atoms with Crippen LogP contribution in [-0.2, 0) is 6.42 Å². The van der Waals surface area contributed by atoms with Crippen molar-refractivity contribution in [2.45, 2.75) is 13.3 Å². The highest BCUT2D eigenvalue weighted by Gasteiger charge is 2.05. The van der Waals surface area contributed by atoms with Crippen molar-refractivity contribution in [2.24, 2.45) is 0 Å². The van der Waals surface area contributed by atoms with Crippen molar-refractivity contribution < 1.29 is 0 Å². The summed E-state index contributed by atoms with van der Waals surface area (Å²) in [7, 11) is 0. The minimum absolute atomic E-state index is 1.04. The van der Waals surface area contributed by atoms with Crippen LogP contribution < -0.4 is 0 Å². The van der Waals surface area contributed by atoms with Gasteiger partial charge in [0.2, 0.25) is 0 Å². The van der Waals surface area contributed by atoms with Gasteiger partial charge in [0.05, 0.1) is 0 Å². The molecule has 0 saturated carbocycles. The normalized spacial score (nSPS) is 10.7. The molecule has 0 saturated heterocycles. The average Bonchev–Trinajstić information content (AvgIpc) is 2.75. The van der Waals surface area contributed by atoms with Gasteiger partial charge in [-0.3, -0.25) is 0 Å². The minimum atomic E-state index is 1.04. The molecule has 0 nitrogen and oxygen atoms in total. The fourth-order valence-corrected chi connectivity index (χ4v) is 3.35. The Kier molecular flexibility index (Phi) is 4.66. The number of hydrogen-bond donors (Lipinski definition) is 0. The highest BCUT2D eigenvalue weighted by Crippen LogP contribution is 2.30. The third-order valence-electron chi connectivity index (χ3n) is 4.83. The predicted octanol–water partition coefficient (Wildman–Crippen LogP) is 7.25. The van der Waals surface area contributed by atoms with Gasteiger partial charge in [0.25, 0.3) is 0 Å². The van der Waals surface area contributed by atoms with Crippen LogP contribution in [0.5, 0.6) is 0 Å². The van der Waals surface area contributed by atoms with Gasteiger partial charge in [0, 0.05) is 0 Å². The van der Waals surface area contributed by atoms with Crippen LogP contribution in [0.3, 0.4) is 0 Å². The predicted molar refractivity (Wildman–Crippen MR) is 112 cm³/mol. The van der Waals surface area contributed by atoms with Crippen molar-refractivity contribution in [3.63, 3.8) is 0 Å². The summed E-state index contributed by atoms with van der Waals surface area (Å²) in [6.07, 6.45) is 1.04. The third-order valence-corrected chi connectivity index (χ3v) is 4.83. The summed E-state index contributed by atoms with van der Waals surface area (Å²) in [5.41, 5.74) is 8.97. The van der Waals surface area contributed by atoms with Gasteiger partial charge in [0.15, 0.2) is 0 Å². The second-order valence-electron chi connectivity index (χ2n) is 6.58. The molecule has 0 aliphatic rings. The van der Waals surface area contributed by atoms with Crippen molar-refractivity contribution in [1.82, 2.24) is 0 Å². The molecule has 0 spiro atoms. The first-order chi connectivity index (χ1) is 12.8. The molecular formula is C26H22. The largest absolute Gasteiger partial charge is 0.0622 e. The second kappa shape index (κ2) is 7.41. The Hall–Kier alpha value is -3.12. The zero-order valence-electron chi connectivity index (χ0n) is 15.0. The van der Waals surface area contributed by atoms with E-state index in [0.717, 1.165) is 6.42 Å². The Morgan fingerprint density at radius 1 is 0.423 bits per heavy atom. The SMILES string of the molecule is CCc1cc(-c2ccccc2)cc(-c2ccc(-c3ccccc3)cc2)c1. The van der Waals surface area contributed by atoms with Crippen LogP contribution in [0.15, 0.2) is 103 Å². The Labute approximate surface area is 155 Å². The molecule has 0 bridgehead atoms. The van der Waals surface area contributed by atoms with Gasteiger partial charge in [-0.25, -0.2) is 0 Å². The number of aryl methyl sites for hydroxylation is 1. The van der Waals surface area contributed by atoms with E-state index in [1.54, 1.807) is 0 Å². The fourth-order valence-electron chi connectivity index (χ4n) is 3.35. The Balaban J connectivity index is 1.73. The van der Waals surface area contributed by atoms with E-state index in [0.29, 0.717) is 0 Å². The molecule has 0 unspecified atom stereocenters. The van der Waals surface area contributed by atoms with Crippen LogP contribution in [0.1, 0.15) is 12.5 Å². The van der Waals surface area contributed by atoms with Gasteiger partial charge < -0.3 is 0 Å². The lowest BCUT2D eigenvalue weighted by atomic mass is 9.94. The molecule has 0 radical (unpaired) electrons. The molecule has 126 valence electrons. The molecule has 0 heterocycles. The first-order valence-electron chi connectivity index (χ1n) is 9.19. The van der Waals surface area contributed by atoms with Gasteiger partial charge >= 0.3 is 0 Å². The number of benzene rings is 4. The highest BCUT2D eigenvalue weighted by molar-refractivity contribution is 5.76. The molecule has 0 fully saturated rings. The molecular weight excluding hydrogens is 312 g/mol. The van der Waals surface area contributed by atoms with E-state index in [9.17, 15) is 0 Å². The minimum Gasteiger partial charge on any atom is -0.0622 e. The molecule has 0 atom stereocenters. The van der Waals surface area contributed by atoms with E-state index in [1.807, 2.05) is 0 Å². The van der Waals surface area contributed by atoms with E-state index in [-0.39, 0.29) is 0 Å². The maximum absolute atomic E-state index is 2.31. The van der Waals surface area contributed by atoms with Gasteiger partial charge in [-0.15, -0.1) is 0 Å². The fraction of sp³-hybridized carbons (Fsp3) is 0.0769. The number of rotatable bonds is 4.